The Labute approximate surface area is 128 Å². The number of halogens is 1. The van der Waals surface area contributed by atoms with Gasteiger partial charge < -0.3 is 15.4 Å². The van der Waals surface area contributed by atoms with Crippen LogP contribution in [0.2, 0.25) is 0 Å². The van der Waals surface area contributed by atoms with Crippen molar-refractivity contribution < 1.29 is 9.53 Å². The van der Waals surface area contributed by atoms with Crippen LogP contribution in [0.25, 0.3) is 0 Å². The molecule has 2 saturated heterocycles. The zero-order valence-electron chi connectivity index (χ0n) is 11.3. The van der Waals surface area contributed by atoms with Gasteiger partial charge in [0, 0.05) is 18.5 Å². The fourth-order valence-electron chi connectivity index (χ4n) is 2.92. The van der Waals surface area contributed by atoms with Crippen LogP contribution in [0.5, 0.6) is 0 Å². The van der Waals surface area contributed by atoms with Crippen molar-refractivity contribution in [3.05, 3.63) is 16.6 Å². The lowest BCUT2D eigenvalue weighted by atomic mass is 9.90. The highest BCUT2D eigenvalue weighted by Gasteiger charge is 2.39. The molecule has 0 radical (unpaired) electrons. The van der Waals surface area contributed by atoms with Gasteiger partial charge in [-0.25, -0.2) is 4.98 Å². The van der Waals surface area contributed by atoms with Crippen LogP contribution in [0, 0.1) is 0 Å². The molecule has 0 aliphatic carbocycles. The van der Waals surface area contributed by atoms with E-state index in [0.717, 1.165) is 32.4 Å². The Morgan fingerprint density at radius 3 is 3.20 bits per heavy atom. The van der Waals surface area contributed by atoms with Gasteiger partial charge in [-0.15, -0.1) is 23.7 Å². The number of hydrogen-bond donors (Lipinski definition) is 2. The van der Waals surface area contributed by atoms with Crippen LogP contribution in [0.4, 0.5) is 0 Å². The van der Waals surface area contributed by atoms with Crippen LogP contribution in [-0.4, -0.2) is 42.2 Å². The van der Waals surface area contributed by atoms with Gasteiger partial charge in [0.25, 0.3) is 5.91 Å². The minimum absolute atomic E-state index is 0. The van der Waals surface area contributed by atoms with Crippen molar-refractivity contribution in [3.63, 3.8) is 0 Å². The van der Waals surface area contributed by atoms with Crippen LogP contribution >= 0.6 is 23.7 Å². The average molecular weight is 318 g/mol. The number of amides is 1. The summed E-state index contributed by atoms with van der Waals surface area (Å²) in [5.41, 5.74) is 2.19. The molecule has 3 heterocycles. The smallest absolute Gasteiger partial charge is 0.270 e. The normalized spacial score (nSPS) is 29.1. The number of aromatic nitrogens is 1. The van der Waals surface area contributed by atoms with Crippen LogP contribution in [-0.2, 0) is 4.74 Å². The molecule has 112 valence electrons. The SMILES string of the molecule is Cl.O=C(NC[C@@H]1CCC[C@]2(CCNC2)O1)c1cscn1. The van der Waals surface area contributed by atoms with E-state index in [4.69, 9.17) is 4.74 Å². The Bertz CT molecular complexity index is 435. The van der Waals surface area contributed by atoms with E-state index in [1.54, 1.807) is 10.9 Å². The third kappa shape index (κ3) is 3.49. The molecular formula is C13H20ClN3O2S. The summed E-state index contributed by atoms with van der Waals surface area (Å²) >= 11 is 1.43. The van der Waals surface area contributed by atoms with Crippen molar-refractivity contribution in [1.29, 1.82) is 0 Å². The molecular weight excluding hydrogens is 298 g/mol. The number of ether oxygens (including phenoxy) is 1. The zero-order chi connectivity index (χ0) is 13.1. The molecule has 3 rings (SSSR count). The summed E-state index contributed by atoms with van der Waals surface area (Å²) in [7, 11) is 0. The summed E-state index contributed by atoms with van der Waals surface area (Å²) in [6, 6.07) is 0. The molecule has 7 heteroatoms. The van der Waals surface area contributed by atoms with Crippen LogP contribution in [0.1, 0.15) is 36.2 Å². The second-order valence-corrected chi connectivity index (χ2v) is 6.04. The van der Waals surface area contributed by atoms with Crippen molar-refractivity contribution in [3.8, 4) is 0 Å². The Morgan fingerprint density at radius 2 is 2.50 bits per heavy atom. The molecule has 1 spiro atoms. The second-order valence-electron chi connectivity index (χ2n) is 5.33. The molecule has 2 atom stereocenters. The maximum absolute atomic E-state index is 11.8. The molecule has 0 bridgehead atoms. The summed E-state index contributed by atoms with van der Waals surface area (Å²) in [5.74, 6) is -0.103. The molecule has 1 aromatic heterocycles. The van der Waals surface area contributed by atoms with Gasteiger partial charge in [0.2, 0.25) is 0 Å². The standard InChI is InChI=1S/C13H19N3O2S.ClH/c17-12(11-7-19-9-16-11)15-6-10-2-1-3-13(18-10)4-5-14-8-13;/h7,9-10,14H,1-6,8H2,(H,15,17);1H/t10-,13+;/m0./s1. The van der Waals surface area contributed by atoms with Gasteiger partial charge in [-0.1, -0.05) is 0 Å². The lowest BCUT2D eigenvalue weighted by Gasteiger charge is -2.38. The number of rotatable bonds is 3. The highest BCUT2D eigenvalue weighted by Crippen LogP contribution is 2.33. The lowest BCUT2D eigenvalue weighted by Crippen LogP contribution is -2.46. The van der Waals surface area contributed by atoms with E-state index < -0.39 is 0 Å². The molecule has 1 aromatic rings. The first kappa shape index (κ1) is 15.7. The summed E-state index contributed by atoms with van der Waals surface area (Å²) < 4.78 is 6.21. The molecule has 0 unspecified atom stereocenters. The molecule has 1 amide bonds. The van der Waals surface area contributed by atoms with E-state index >= 15 is 0 Å². The Hall–Kier alpha value is -0.690. The van der Waals surface area contributed by atoms with Gasteiger partial charge in [0.05, 0.1) is 17.2 Å². The predicted octanol–water partition coefficient (Wildman–Crippen LogP) is 1.60. The summed E-state index contributed by atoms with van der Waals surface area (Å²) in [4.78, 5) is 15.8. The zero-order valence-corrected chi connectivity index (χ0v) is 12.9. The molecule has 2 aliphatic rings. The number of thiazole rings is 1. The Balaban J connectivity index is 0.00000147. The van der Waals surface area contributed by atoms with Crippen molar-refractivity contribution >= 4 is 29.7 Å². The minimum Gasteiger partial charge on any atom is -0.369 e. The maximum atomic E-state index is 11.8. The van der Waals surface area contributed by atoms with Crippen molar-refractivity contribution in [2.45, 2.75) is 37.4 Å². The number of carbonyl (C=O) groups excluding carboxylic acids is 1. The van der Waals surface area contributed by atoms with Crippen molar-refractivity contribution in [1.82, 2.24) is 15.6 Å². The third-order valence-electron chi connectivity index (χ3n) is 3.93. The fraction of sp³-hybridized carbons (Fsp3) is 0.692. The largest absolute Gasteiger partial charge is 0.369 e. The maximum Gasteiger partial charge on any atom is 0.270 e. The van der Waals surface area contributed by atoms with Gasteiger partial charge in [0.15, 0.2) is 0 Å². The monoisotopic (exact) mass is 317 g/mol. The van der Waals surface area contributed by atoms with Gasteiger partial charge in [-0.05, 0) is 32.2 Å². The Morgan fingerprint density at radius 1 is 1.60 bits per heavy atom. The van der Waals surface area contributed by atoms with E-state index in [0.29, 0.717) is 12.2 Å². The second kappa shape index (κ2) is 6.85. The third-order valence-corrected chi connectivity index (χ3v) is 4.52. The molecule has 2 aliphatic heterocycles. The predicted molar refractivity (Wildman–Crippen MR) is 80.6 cm³/mol. The van der Waals surface area contributed by atoms with E-state index in [1.165, 1.54) is 17.8 Å². The average Bonchev–Trinajstić information content (AvgIpc) is 3.08. The molecule has 20 heavy (non-hydrogen) atoms. The van der Waals surface area contributed by atoms with Crippen LogP contribution < -0.4 is 10.6 Å². The minimum atomic E-state index is -0.103. The fourth-order valence-corrected chi connectivity index (χ4v) is 3.46. The van der Waals surface area contributed by atoms with Crippen molar-refractivity contribution in [2.75, 3.05) is 19.6 Å². The summed E-state index contributed by atoms with van der Waals surface area (Å²) in [6.07, 6.45) is 4.56. The van der Waals surface area contributed by atoms with E-state index in [2.05, 4.69) is 15.6 Å². The van der Waals surface area contributed by atoms with Gasteiger partial charge in [-0.2, -0.15) is 0 Å². The number of nitrogens with zero attached hydrogens (tertiary/aromatic N) is 1. The van der Waals surface area contributed by atoms with E-state index in [-0.39, 0.29) is 30.0 Å². The van der Waals surface area contributed by atoms with Crippen LogP contribution in [0.3, 0.4) is 0 Å². The number of hydrogen-bond acceptors (Lipinski definition) is 5. The Kier molecular flexibility index (Phi) is 5.37. The first-order valence-corrected chi connectivity index (χ1v) is 7.77. The van der Waals surface area contributed by atoms with E-state index in [1.807, 2.05) is 0 Å². The van der Waals surface area contributed by atoms with Gasteiger partial charge in [0.1, 0.15) is 5.69 Å². The summed E-state index contributed by atoms with van der Waals surface area (Å²) in [5, 5.41) is 8.05. The lowest BCUT2D eigenvalue weighted by molar-refractivity contribution is -0.114. The first-order valence-electron chi connectivity index (χ1n) is 6.82. The highest BCUT2D eigenvalue weighted by molar-refractivity contribution is 7.07. The number of nitrogens with one attached hydrogen (secondary N) is 2. The van der Waals surface area contributed by atoms with E-state index in [9.17, 15) is 4.79 Å². The van der Waals surface area contributed by atoms with Crippen LogP contribution in [0.15, 0.2) is 10.9 Å². The number of carbonyl (C=O) groups is 1. The molecule has 2 N–H and O–H groups in total. The summed E-state index contributed by atoms with van der Waals surface area (Å²) in [6.45, 7) is 2.57. The molecule has 2 fully saturated rings. The molecule has 0 saturated carbocycles. The first-order chi connectivity index (χ1) is 9.27. The highest BCUT2D eigenvalue weighted by atomic mass is 35.5. The van der Waals surface area contributed by atoms with Crippen molar-refractivity contribution in [2.24, 2.45) is 0 Å². The van der Waals surface area contributed by atoms with Gasteiger partial charge >= 0.3 is 0 Å². The molecule has 5 nitrogen and oxygen atoms in total. The molecule has 0 aromatic carbocycles. The topological polar surface area (TPSA) is 63.2 Å². The van der Waals surface area contributed by atoms with Gasteiger partial charge in [-0.3, -0.25) is 4.79 Å². The quantitative estimate of drug-likeness (QED) is 0.889.